The van der Waals surface area contributed by atoms with E-state index >= 15 is 0 Å². The van der Waals surface area contributed by atoms with Crippen molar-refractivity contribution in [1.82, 2.24) is 14.8 Å². The van der Waals surface area contributed by atoms with E-state index in [-0.39, 0.29) is 5.69 Å². The molecule has 0 saturated heterocycles. The first-order valence-corrected chi connectivity index (χ1v) is 6.36. The Kier molecular flexibility index (Phi) is 3.88. The third-order valence-corrected chi connectivity index (χ3v) is 3.17. The van der Waals surface area contributed by atoms with Crippen molar-refractivity contribution in [3.8, 4) is 0 Å². The molecule has 0 aliphatic heterocycles. The van der Waals surface area contributed by atoms with Crippen LogP contribution >= 0.6 is 11.3 Å². The summed E-state index contributed by atoms with van der Waals surface area (Å²) in [7, 11) is 0. The maximum atomic E-state index is 10.5. The van der Waals surface area contributed by atoms with Crippen molar-refractivity contribution < 1.29 is 4.92 Å². The number of nitrogens with zero attached hydrogens (tertiary/aromatic N) is 4. The number of nitrogens with one attached hydrogen (secondary N) is 1. The highest BCUT2D eigenvalue weighted by atomic mass is 32.1. The van der Waals surface area contributed by atoms with Gasteiger partial charge in [-0.2, -0.15) is 5.10 Å². The van der Waals surface area contributed by atoms with Crippen LogP contribution in [-0.4, -0.2) is 26.2 Å². The summed E-state index contributed by atoms with van der Waals surface area (Å²) < 4.78 is 1.54. The molecule has 2 aromatic heterocycles. The van der Waals surface area contributed by atoms with Gasteiger partial charge in [0.1, 0.15) is 12.4 Å². The van der Waals surface area contributed by atoms with Crippen molar-refractivity contribution in [3.05, 3.63) is 33.6 Å². The third-order valence-electron chi connectivity index (χ3n) is 2.23. The van der Waals surface area contributed by atoms with Crippen LogP contribution in [0.25, 0.3) is 0 Å². The molecule has 0 atom stereocenters. The first-order valence-electron chi connectivity index (χ1n) is 5.54. The summed E-state index contributed by atoms with van der Waals surface area (Å²) in [6.07, 6.45) is 5.46. The van der Waals surface area contributed by atoms with Gasteiger partial charge < -0.3 is 5.32 Å². The van der Waals surface area contributed by atoms with Crippen molar-refractivity contribution in [2.45, 2.75) is 19.9 Å². The van der Waals surface area contributed by atoms with Gasteiger partial charge in [-0.1, -0.05) is 6.92 Å². The van der Waals surface area contributed by atoms with Gasteiger partial charge in [0, 0.05) is 17.6 Å². The molecule has 7 nitrogen and oxygen atoms in total. The van der Waals surface area contributed by atoms with Gasteiger partial charge in [0.25, 0.3) is 0 Å². The molecule has 8 heteroatoms. The van der Waals surface area contributed by atoms with E-state index < -0.39 is 4.92 Å². The van der Waals surface area contributed by atoms with Gasteiger partial charge in [0.05, 0.1) is 11.5 Å². The van der Waals surface area contributed by atoms with Crippen LogP contribution in [0, 0.1) is 10.1 Å². The number of hydrogen-bond donors (Lipinski definition) is 1. The van der Waals surface area contributed by atoms with Gasteiger partial charge in [0.2, 0.25) is 0 Å². The molecular formula is C10H13N5O2S. The molecule has 1 N–H and O–H groups in total. The quantitative estimate of drug-likeness (QED) is 0.640. The van der Waals surface area contributed by atoms with E-state index in [1.165, 1.54) is 28.4 Å². The first kappa shape index (κ1) is 12.5. The molecule has 18 heavy (non-hydrogen) atoms. The number of hydrogen-bond acceptors (Lipinski definition) is 6. The van der Waals surface area contributed by atoms with Gasteiger partial charge in [-0.05, 0) is 6.42 Å². The highest BCUT2D eigenvalue weighted by Crippen LogP contribution is 2.19. The number of anilines is 1. The zero-order chi connectivity index (χ0) is 13.0. The maximum absolute atomic E-state index is 10.5. The molecule has 0 radical (unpaired) electrons. The average molecular weight is 267 g/mol. The van der Waals surface area contributed by atoms with Crippen molar-refractivity contribution in [2.24, 2.45) is 0 Å². The fraction of sp³-hybridized carbons (Fsp3) is 0.400. The summed E-state index contributed by atoms with van der Waals surface area (Å²) in [6.45, 7) is 3.48. The monoisotopic (exact) mass is 267 g/mol. The Hall–Kier alpha value is -1.96. The summed E-state index contributed by atoms with van der Waals surface area (Å²) in [5.74, 6) is 0. The highest BCUT2D eigenvalue weighted by Gasteiger charge is 2.10. The Bertz CT molecular complexity index is 536. The van der Waals surface area contributed by atoms with Crippen LogP contribution < -0.4 is 5.32 Å². The van der Waals surface area contributed by atoms with E-state index in [1.807, 2.05) is 0 Å². The zero-order valence-corrected chi connectivity index (χ0v) is 10.7. The Labute approximate surface area is 108 Å². The molecule has 0 unspecified atom stereocenters. The summed E-state index contributed by atoms with van der Waals surface area (Å²) >= 11 is 1.53. The topological polar surface area (TPSA) is 85.9 Å². The van der Waals surface area contributed by atoms with Crippen molar-refractivity contribution in [2.75, 3.05) is 11.9 Å². The lowest BCUT2D eigenvalue weighted by Gasteiger charge is -1.97. The lowest BCUT2D eigenvalue weighted by atomic mass is 10.5. The van der Waals surface area contributed by atoms with E-state index in [2.05, 4.69) is 22.3 Å². The van der Waals surface area contributed by atoms with Crippen LogP contribution in [0.15, 0.2) is 18.6 Å². The standard InChI is InChI=1S/C10H13N5O2S/c1-2-3-11-10-12-5-9(18-10)7-14-6-8(4-13-14)15(16)17/h4-6H,2-3,7H2,1H3,(H,11,12). The first-order chi connectivity index (χ1) is 8.69. The molecular weight excluding hydrogens is 254 g/mol. The average Bonchev–Trinajstić information content (AvgIpc) is 2.96. The number of rotatable bonds is 6. The van der Waals surface area contributed by atoms with Crippen molar-refractivity contribution >= 4 is 22.2 Å². The van der Waals surface area contributed by atoms with E-state index in [1.54, 1.807) is 6.20 Å². The molecule has 0 amide bonds. The van der Waals surface area contributed by atoms with E-state index in [0.717, 1.165) is 23.0 Å². The number of nitro groups is 1. The van der Waals surface area contributed by atoms with E-state index in [9.17, 15) is 10.1 Å². The minimum atomic E-state index is -0.454. The summed E-state index contributed by atoms with van der Waals surface area (Å²) in [5, 5.41) is 18.5. The van der Waals surface area contributed by atoms with E-state index in [0.29, 0.717) is 6.54 Å². The minimum Gasteiger partial charge on any atom is -0.362 e. The van der Waals surface area contributed by atoms with Gasteiger partial charge in [0.15, 0.2) is 5.13 Å². The third kappa shape index (κ3) is 3.04. The second-order valence-electron chi connectivity index (χ2n) is 3.71. The van der Waals surface area contributed by atoms with Crippen LogP contribution in [0.1, 0.15) is 18.2 Å². The number of aromatic nitrogens is 3. The Morgan fingerprint density at radius 3 is 3.06 bits per heavy atom. The predicted octanol–water partition coefficient (Wildman–Crippen LogP) is 2.12. The highest BCUT2D eigenvalue weighted by molar-refractivity contribution is 7.15. The SMILES string of the molecule is CCCNc1ncc(Cn2cc([N+](=O)[O-])cn2)s1. The summed E-state index contributed by atoms with van der Waals surface area (Å²) in [4.78, 5) is 15.3. The summed E-state index contributed by atoms with van der Waals surface area (Å²) in [6, 6.07) is 0. The normalized spacial score (nSPS) is 10.5. The van der Waals surface area contributed by atoms with Crippen LogP contribution in [0.2, 0.25) is 0 Å². The second kappa shape index (κ2) is 5.58. The summed E-state index contributed by atoms with van der Waals surface area (Å²) in [5.41, 5.74) is 0.00356. The molecule has 0 spiro atoms. The van der Waals surface area contributed by atoms with Crippen molar-refractivity contribution in [3.63, 3.8) is 0 Å². The Balaban J connectivity index is 1.99. The van der Waals surface area contributed by atoms with E-state index in [4.69, 9.17) is 0 Å². The molecule has 2 aromatic rings. The van der Waals surface area contributed by atoms with Crippen LogP contribution in [-0.2, 0) is 6.54 Å². The molecule has 2 heterocycles. The minimum absolute atomic E-state index is 0.00356. The zero-order valence-electron chi connectivity index (χ0n) is 9.87. The second-order valence-corrected chi connectivity index (χ2v) is 4.83. The lowest BCUT2D eigenvalue weighted by molar-refractivity contribution is -0.385. The fourth-order valence-corrected chi connectivity index (χ4v) is 2.22. The van der Waals surface area contributed by atoms with Gasteiger partial charge in [-0.25, -0.2) is 4.98 Å². The lowest BCUT2D eigenvalue weighted by Crippen LogP contribution is -1.98. The number of thiazole rings is 1. The molecule has 0 saturated carbocycles. The molecule has 96 valence electrons. The molecule has 2 rings (SSSR count). The molecule has 0 fully saturated rings. The van der Waals surface area contributed by atoms with Crippen LogP contribution in [0.4, 0.5) is 10.8 Å². The smallest absolute Gasteiger partial charge is 0.307 e. The predicted molar refractivity (Wildman–Crippen MR) is 68.9 cm³/mol. The van der Waals surface area contributed by atoms with Crippen LogP contribution in [0.5, 0.6) is 0 Å². The molecule has 0 aliphatic rings. The molecule has 0 bridgehead atoms. The van der Waals surface area contributed by atoms with Crippen molar-refractivity contribution in [1.29, 1.82) is 0 Å². The maximum Gasteiger partial charge on any atom is 0.307 e. The van der Waals surface area contributed by atoms with Gasteiger partial charge in [-0.15, -0.1) is 11.3 Å². The van der Waals surface area contributed by atoms with Gasteiger partial charge in [-0.3, -0.25) is 14.8 Å². The fourth-order valence-electron chi connectivity index (χ4n) is 1.39. The molecule has 0 aromatic carbocycles. The van der Waals surface area contributed by atoms with Gasteiger partial charge >= 0.3 is 5.69 Å². The Morgan fingerprint density at radius 2 is 2.39 bits per heavy atom. The Morgan fingerprint density at radius 1 is 1.56 bits per heavy atom. The molecule has 0 aliphatic carbocycles. The largest absolute Gasteiger partial charge is 0.362 e. The van der Waals surface area contributed by atoms with Crippen LogP contribution in [0.3, 0.4) is 0 Å².